The van der Waals surface area contributed by atoms with E-state index < -0.39 is 23.6 Å². The van der Waals surface area contributed by atoms with E-state index in [-0.39, 0.29) is 41.1 Å². The highest BCUT2D eigenvalue weighted by atomic mass is 35.5. The number of benzene rings is 2. The second-order valence-corrected chi connectivity index (χ2v) is 8.42. The Morgan fingerprint density at radius 3 is 2.42 bits per heavy atom. The van der Waals surface area contributed by atoms with Crippen LogP contribution in [0.2, 0.25) is 5.02 Å². The van der Waals surface area contributed by atoms with Gasteiger partial charge in [-0.1, -0.05) is 55.1 Å². The van der Waals surface area contributed by atoms with Gasteiger partial charge in [-0.25, -0.2) is 8.78 Å². The van der Waals surface area contributed by atoms with Crippen LogP contribution in [-0.2, 0) is 22.6 Å². The molecule has 1 atom stereocenters. The lowest BCUT2D eigenvalue weighted by Gasteiger charge is -2.31. The monoisotopic (exact) mass is 448 g/mol. The van der Waals surface area contributed by atoms with Crippen LogP contribution in [0.3, 0.4) is 0 Å². The first kappa shape index (κ1) is 23.2. The Morgan fingerprint density at radius 2 is 1.74 bits per heavy atom. The maximum Gasteiger partial charge on any atom is 0.242 e. The van der Waals surface area contributed by atoms with Crippen molar-refractivity contribution in [3.63, 3.8) is 0 Å². The van der Waals surface area contributed by atoms with Gasteiger partial charge in [-0.05, 0) is 38.0 Å². The number of hydrogen-bond acceptors (Lipinski definition) is 2. The number of carbonyl (C=O) groups excluding carboxylic acids is 2. The molecule has 31 heavy (non-hydrogen) atoms. The number of carbonyl (C=O) groups is 2. The van der Waals surface area contributed by atoms with E-state index in [0.29, 0.717) is 0 Å². The molecule has 1 fully saturated rings. The highest BCUT2D eigenvalue weighted by Gasteiger charge is 2.29. The van der Waals surface area contributed by atoms with E-state index in [0.717, 1.165) is 32.1 Å². The minimum atomic E-state index is -0.848. The summed E-state index contributed by atoms with van der Waals surface area (Å²) in [7, 11) is 0. The maximum absolute atomic E-state index is 14.3. The Labute approximate surface area is 186 Å². The zero-order chi connectivity index (χ0) is 22.4. The summed E-state index contributed by atoms with van der Waals surface area (Å²) < 4.78 is 28.5. The van der Waals surface area contributed by atoms with Crippen molar-refractivity contribution in [1.29, 1.82) is 0 Å². The fourth-order valence-corrected chi connectivity index (χ4v) is 4.15. The molecule has 1 unspecified atom stereocenters. The smallest absolute Gasteiger partial charge is 0.242 e. The minimum Gasteiger partial charge on any atom is -0.352 e. The number of rotatable bonds is 7. The van der Waals surface area contributed by atoms with Crippen LogP contribution in [0.4, 0.5) is 8.78 Å². The van der Waals surface area contributed by atoms with Crippen molar-refractivity contribution in [3.05, 3.63) is 70.2 Å². The molecule has 0 saturated heterocycles. The van der Waals surface area contributed by atoms with Crippen LogP contribution in [0.25, 0.3) is 0 Å². The van der Waals surface area contributed by atoms with Crippen LogP contribution in [0.5, 0.6) is 0 Å². The molecule has 3 rings (SSSR count). The van der Waals surface area contributed by atoms with Gasteiger partial charge in [0.25, 0.3) is 0 Å². The van der Waals surface area contributed by atoms with Gasteiger partial charge < -0.3 is 10.2 Å². The zero-order valence-electron chi connectivity index (χ0n) is 17.5. The molecule has 0 spiro atoms. The van der Waals surface area contributed by atoms with Crippen LogP contribution >= 0.6 is 11.6 Å². The van der Waals surface area contributed by atoms with Gasteiger partial charge in [-0.2, -0.15) is 0 Å². The Morgan fingerprint density at radius 1 is 1.06 bits per heavy atom. The molecule has 166 valence electrons. The van der Waals surface area contributed by atoms with Crippen LogP contribution in [0.15, 0.2) is 42.5 Å². The van der Waals surface area contributed by atoms with E-state index in [1.165, 1.54) is 29.2 Å². The molecule has 1 N–H and O–H groups in total. The van der Waals surface area contributed by atoms with E-state index in [2.05, 4.69) is 5.32 Å². The molecule has 0 aromatic heterocycles. The molecular formula is C24H27ClF2N2O2. The highest BCUT2D eigenvalue weighted by molar-refractivity contribution is 6.31. The van der Waals surface area contributed by atoms with E-state index in [1.807, 2.05) is 0 Å². The van der Waals surface area contributed by atoms with Crippen LogP contribution in [-0.4, -0.2) is 28.8 Å². The molecule has 1 saturated carbocycles. The topological polar surface area (TPSA) is 49.4 Å². The first-order chi connectivity index (χ1) is 14.9. The predicted octanol–water partition coefficient (Wildman–Crippen LogP) is 5.03. The molecule has 4 nitrogen and oxygen atoms in total. The Kier molecular flexibility index (Phi) is 8.02. The van der Waals surface area contributed by atoms with Crippen molar-refractivity contribution in [3.8, 4) is 0 Å². The number of halogens is 3. The van der Waals surface area contributed by atoms with Crippen molar-refractivity contribution in [2.24, 2.45) is 0 Å². The molecular weight excluding hydrogens is 422 g/mol. The van der Waals surface area contributed by atoms with E-state index >= 15 is 0 Å². The molecule has 2 aromatic carbocycles. The summed E-state index contributed by atoms with van der Waals surface area (Å²) in [6.45, 7) is 1.51. The summed E-state index contributed by atoms with van der Waals surface area (Å²) in [4.78, 5) is 27.4. The van der Waals surface area contributed by atoms with Crippen molar-refractivity contribution in [2.45, 2.75) is 64.1 Å². The van der Waals surface area contributed by atoms with E-state index in [9.17, 15) is 18.4 Å². The van der Waals surface area contributed by atoms with Crippen LogP contribution in [0.1, 0.15) is 50.2 Å². The van der Waals surface area contributed by atoms with Crippen molar-refractivity contribution in [1.82, 2.24) is 10.2 Å². The first-order valence-corrected chi connectivity index (χ1v) is 11.0. The molecule has 2 amide bonds. The van der Waals surface area contributed by atoms with E-state index in [1.54, 1.807) is 25.1 Å². The fraction of sp³-hybridized carbons (Fsp3) is 0.417. The summed E-state index contributed by atoms with van der Waals surface area (Å²) in [5, 5.41) is 3.15. The third-order valence-electron chi connectivity index (χ3n) is 5.81. The molecule has 1 aliphatic carbocycles. The number of hydrogen-bond donors (Lipinski definition) is 1. The van der Waals surface area contributed by atoms with Gasteiger partial charge in [0.15, 0.2) is 0 Å². The lowest BCUT2D eigenvalue weighted by atomic mass is 9.95. The van der Waals surface area contributed by atoms with Gasteiger partial charge >= 0.3 is 0 Å². The van der Waals surface area contributed by atoms with Crippen LogP contribution in [0, 0.1) is 11.6 Å². The molecule has 0 heterocycles. The Bertz CT molecular complexity index is 911. The van der Waals surface area contributed by atoms with Crippen molar-refractivity contribution >= 4 is 23.4 Å². The van der Waals surface area contributed by atoms with Gasteiger partial charge in [-0.3, -0.25) is 9.59 Å². The SMILES string of the molecule is CC(C(=O)NC1CCCCC1)N(Cc1ccccc1F)C(=O)Cc1c(F)cccc1Cl. The second kappa shape index (κ2) is 10.7. The molecule has 0 aliphatic heterocycles. The van der Waals surface area contributed by atoms with Gasteiger partial charge in [0, 0.05) is 28.7 Å². The lowest BCUT2D eigenvalue weighted by molar-refractivity contribution is -0.140. The number of amides is 2. The summed E-state index contributed by atoms with van der Waals surface area (Å²) in [6, 6.07) is 9.53. The summed E-state index contributed by atoms with van der Waals surface area (Å²) in [5.41, 5.74) is 0.348. The average Bonchev–Trinajstić information content (AvgIpc) is 2.76. The fourth-order valence-electron chi connectivity index (χ4n) is 3.92. The normalized spacial score (nSPS) is 15.4. The Hall–Kier alpha value is -2.47. The largest absolute Gasteiger partial charge is 0.352 e. The minimum absolute atomic E-state index is 0.0626. The van der Waals surface area contributed by atoms with Gasteiger partial charge in [-0.15, -0.1) is 0 Å². The summed E-state index contributed by atoms with van der Waals surface area (Å²) in [6.07, 6.45) is 4.77. The molecule has 2 aromatic rings. The summed E-state index contributed by atoms with van der Waals surface area (Å²) in [5.74, 6) is -1.85. The molecule has 1 aliphatic rings. The van der Waals surface area contributed by atoms with Gasteiger partial charge in [0.2, 0.25) is 11.8 Å². The highest BCUT2D eigenvalue weighted by Crippen LogP contribution is 2.22. The van der Waals surface area contributed by atoms with Gasteiger partial charge in [0.1, 0.15) is 17.7 Å². The third-order valence-corrected chi connectivity index (χ3v) is 6.16. The molecule has 7 heteroatoms. The molecule has 0 radical (unpaired) electrons. The molecule has 0 bridgehead atoms. The average molecular weight is 449 g/mol. The zero-order valence-corrected chi connectivity index (χ0v) is 18.3. The van der Waals surface area contributed by atoms with Crippen molar-refractivity contribution in [2.75, 3.05) is 0 Å². The first-order valence-electron chi connectivity index (χ1n) is 10.6. The standard InChI is InChI=1S/C24H27ClF2N2O2/c1-16(24(31)28-18-9-3-2-4-10-18)29(15-17-8-5-6-12-21(17)26)23(30)14-19-20(25)11-7-13-22(19)27/h5-8,11-13,16,18H,2-4,9-10,14-15H2,1H3,(H,28,31). The quantitative estimate of drug-likeness (QED) is 0.646. The lowest BCUT2D eigenvalue weighted by Crippen LogP contribution is -2.50. The number of nitrogens with zero attached hydrogens (tertiary/aromatic N) is 1. The van der Waals surface area contributed by atoms with E-state index in [4.69, 9.17) is 11.6 Å². The predicted molar refractivity (Wildman–Crippen MR) is 117 cm³/mol. The second-order valence-electron chi connectivity index (χ2n) is 8.01. The Balaban J connectivity index is 1.82. The summed E-state index contributed by atoms with van der Waals surface area (Å²) >= 11 is 6.08. The van der Waals surface area contributed by atoms with Gasteiger partial charge in [0.05, 0.1) is 6.42 Å². The van der Waals surface area contributed by atoms with Crippen LogP contribution < -0.4 is 5.32 Å². The maximum atomic E-state index is 14.3. The van der Waals surface area contributed by atoms with Crippen molar-refractivity contribution < 1.29 is 18.4 Å². The third kappa shape index (κ3) is 6.03. The number of nitrogens with one attached hydrogen (secondary N) is 1.